The van der Waals surface area contributed by atoms with Crippen LogP contribution < -0.4 is 20.2 Å². The zero-order valence-corrected chi connectivity index (χ0v) is 19.0. The molecule has 1 N–H and O–H groups in total. The molecule has 2 heterocycles. The Morgan fingerprint density at radius 3 is 2.49 bits per heavy atom. The van der Waals surface area contributed by atoms with Gasteiger partial charge in [0.25, 0.3) is 0 Å². The van der Waals surface area contributed by atoms with E-state index in [4.69, 9.17) is 9.47 Å². The van der Waals surface area contributed by atoms with Crippen molar-refractivity contribution in [1.82, 2.24) is 4.57 Å². The van der Waals surface area contributed by atoms with E-state index in [1.54, 1.807) is 24.3 Å². The Morgan fingerprint density at radius 1 is 0.971 bits per heavy atom. The number of hydrogen-bond acceptors (Lipinski definition) is 6. The van der Waals surface area contributed by atoms with Gasteiger partial charge in [-0.25, -0.2) is 12.8 Å². The fourth-order valence-electron chi connectivity index (χ4n) is 3.87. The van der Waals surface area contributed by atoms with E-state index in [2.05, 4.69) is 5.32 Å². The Hall–Kier alpha value is -4.18. The van der Waals surface area contributed by atoms with E-state index in [-0.39, 0.29) is 22.3 Å². The minimum Gasteiger partial charge on any atom is -0.486 e. The van der Waals surface area contributed by atoms with Crippen LogP contribution in [0.5, 0.6) is 11.5 Å². The molecule has 3 aromatic carbocycles. The van der Waals surface area contributed by atoms with Crippen molar-refractivity contribution in [3.8, 4) is 11.5 Å². The number of pyridine rings is 1. The van der Waals surface area contributed by atoms with E-state index in [1.807, 2.05) is 0 Å². The van der Waals surface area contributed by atoms with Crippen molar-refractivity contribution in [1.29, 1.82) is 0 Å². The first-order valence-corrected chi connectivity index (χ1v) is 12.1. The second kappa shape index (κ2) is 8.88. The third-order valence-corrected chi connectivity index (χ3v) is 7.26. The summed E-state index contributed by atoms with van der Waals surface area (Å²) in [4.78, 5) is 25.3. The Morgan fingerprint density at radius 2 is 1.71 bits per heavy atom. The Bertz CT molecular complexity index is 1620. The van der Waals surface area contributed by atoms with Gasteiger partial charge in [-0.3, -0.25) is 9.59 Å². The van der Waals surface area contributed by atoms with Crippen molar-refractivity contribution in [2.24, 2.45) is 0 Å². The van der Waals surface area contributed by atoms with Crippen molar-refractivity contribution < 1.29 is 27.1 Å². The summed E-state index contributed by atoms with van der Waals surface area (Å²) in [6.45, 7) is 0.504. The van der Waals surface area contributed by atoms with Gasteiger partial charge in [0.05, 0.1) is 10.4 Å². The molecule has 10 heteroatoms. The molecule has 4 aromatic rings. The van der Waals surface area contributed by atoms with Crippen molar-refractivity contribution >= 4 is 32.3 Å². The second-order valence-corrected chi connectivity index (χ2v) is 9.75. The molecule has 1 aliphatic heterocycles. The number of nitrogens with one attached hydrogen (secondary N) is 1. The van der Waals surface area contributed by atoms with Crippen LogP contribution in [0.4, 0.5) is 10.1 Å². The van der Waals surface area contributed by atoms with Gasteiger partial charge in [0.1, 0.15) is 30.5 Å². The van der Waals surface area contributed by atoms with Gasteiger partial charge in [-0.15, -0.1) is 0 Å². The first-order valence-electron chi connectivity index (χ1n) is 10.7. The van der Waals surface area contributed by atoms with E-state index in [1.165, 1.54) is 34.9 Å². The molecule has 35 heavy (non-hydrogen) atoms. The number of carbonyl (C=O) groups is 1. The standard InChI is InChI=1S/C25H19FN2O6S/c26-16-6-8-20-19(12-16)25(30)23(35(31,32)18-4-2-1-3-5-18)14-28(20)15-24(29)27-17-7-9-21-22(13-17)34-11-10-33-21/h1-9,12-14H,10-11,15H2,(H,27,29). The number of aromatic nitrogens is 1. The summed E-state index contributed by atoms with van der Waals surface area (Å²) in [5.41, 5.74) is -0.166. The molecule has 0 saturated carbocycles. The molecule has 0 aliphatic carbocycles. The summed E-state index contributed by atoms with van der Waals surface area (Å²) in [6, 6.07) is 15.8. The largest absolute Gasteiger partial charge is 0.486 e. The van der Waals surface area contributed by atoms with Gasteiger partial charge in [0, 0.05) is 23.3 Å². The van der Waals surface area contributed by atoms with Crippen LogP contribution in [0.25, 0.3) is 10.9 Å². The summed E-state index contributed by atoms with van der Waals surface area (Å²) < 4.78 is 52.7. The van der Waals surface area contributed by atoms with Crippen LogP contribution in [0.15, 0.2) is 87.5 Å². The lowest BCUT2D eigenvalue weighted by Crippen LogP contribution is -2.24. The number of fused-ring (bicyclic) bond motifs is 2. The molecule has 5 rings (SSSR count). The smallest absolute Gasteiger partial charge is 0.244 e. The number of halogens is 1. The summed E-state index contributed by atoms with van der Waals surface area (Å²) in [6.07, 6.45) is 1.12. The summed E-state index contributed by atoms with van der Waals surface area (Å²) in [5.74, 6) is -0.122. The first kappa shape index (κ1) is 22.6. The van der Waals surface area contributed by atoms with Crippen LogP contribution in [-0.4, -0.2) is 32.1 Å². The fourth-order valence-corrected chi connectivity index (χ4v) is 5.26. The molecule has 0 atom stereocenters. The van der Waals surface area contributed by atoms with Gasteiger partial charge in [-0.2, -0.15) is 0 Å². The van der Waals surface area contributed by atoms with Gasteiger partial charge in [0.2, 0.25) is 21.2 Å². The maximum Gasteiger partial charge on any atom is 0.244 e. The van der Waals surface area contributed by atoms with E-state index >= 15 is 0 Å². The molecule has 0 saturated heterocycles. The number of carbonyl (C=O) groups excluding carboxylic acids is 1. The molecule has 1 aromatic heterocycles. The monoisotopic (exact) mass is 494 g/mol. The summed E-state index contributed by atoms with van der Waals surface area (Å²) >= 11 is 0. The lowest BCUT2D eigenvalue weighted by molar-refractivity contribution is -0.116. The van der Waals surface area contributed by atoms with Crippen molar-refractivity contribution in [2.45, 2.75) is 16.3 Å². The van der Waals surface area contributed by atoms with Crippen molar-refractivity contribution in [3.63, 3.8) is 0 Å². The number of hydrogen-bond donors (Lipinski definition) is 1. The lowest BCUT2D eigenvalue weighted by atomic mass is 10.2. The molecule has 1 amide bonds. The first-order chi connectivity index (χ1) is 16.8. The molecular formula is C25H19FN2O6S. The average Bonchev–Trinajstić information content (AvgIpc) is 2.86. The third kappa shape index (κ3) is 4.35. The zero-order valence-electron chi connectivity index (χ0n) is 18.2. The molecule has 0 bridgehead atoms. The van der Waals surface area contributed by atoms with Crippen LogP contribution in [0.2, 0.25) is 0 Å². The van der Waals surface area contributed by atoms with Gasteiger partial charge in [0.15, 0.2) is 11.5 Å². The predicted molar refractivity (Wildman–Crippen MR) is 126 cm³/mol. The topological polar surface area (TPSA) is 104 Å². The van der Waals surface area contributed by atoms with Crippen LogP contribution in [0.1, 0.15) is 0 Å². The van der Waals surface area contributed by atoms with Gasteiger partial charge in [-0.05, 0) is 42.5 Å². The number of nitrogens with zero attached hydrogens (tertiary/aromatic N) is 1. The van der Waals surface area contributed by atoms with Gasteiger partial charge >= 0.3 is 0 Å². The zero-order chi connectivity index (χ0) is 24.6. The minimum atomic E-state index is -4.22. The molecule has 0 unspecified atom stereocenters. The average molecular weight is 495 g/mol. The normalized spacial score (nSPS) is 12.9. The summed E-state index contributed by atoms with van der Waals surface area (Å²) in [7, 11) is -4.22. The highest BCUT2D eigenvalue weighted by molar-refractivity contribution is 7.91. The Kier molecular flexibility index (Phi) is 5.73. The molecule has 0 fully saturated rings. The number of amides is 1. The number of sulfone groups is 1. The lowest BCUT2D eigenvalue weighted by Gasteiger charge is -2.19. The van der Waals surface area contributed by atoms with Gasteiger partial charge < -0.3 is 19.4 Å². The number of rotatable bonds is 5. The highest BCUT2D eigenvalue weighted by Crippen LogP contribution is 2.32. The molecule has 178 valence electrons. The quantitative estimate of drug-likeness (QED) is 0.456. The number of anilines is 1. The number of benzene rings is 3. The fraction of sp³-hybridized carbons (Fsp3) is 0.120. The van der Waals surface area contributed by atoms with E-state index in [0.29, 0.717) is 30.4 Å². The van der Waals surface area contributed by atoms with Crippen molar-refractivity contribution in [2.75, 3.05) is 18.5 Å². The molecular weight excluding hydrogens is 475 g/mol. The molecule has 0 radical (unpaired) electrons. The van der Waals surface area contributed by atoms with Gasteiger partial charge in [-0.1, -0.05) is 18.2 Å². The second-order valence-electron chi connectivity index (χ2n) is 7.83. The maximum atomic E-state index is 14.0. The van der Waals surface area contributed by atoms with Crippen LogP contribution in [0, 0.1) is 5.82 Å². The predicted octanol–water partition coefficient (Wildman–Crippen LogP) is 3.38. The maximum absolute atomic E-state index is 14.0. The van der Waals surface area contributed by atoms with E-state index < -0.39 is 31.9 Å². The van der Waals surface area contributed by atoms with E-state index in [9.17, 15) is 22.4 Å². The Labute approximate surface area is 199 Å². The van der Waals surface area contributed by atoms with Crippen LogP contribution >= 0.6 is 0 Å². The molecule has 8 nitrogen and oxygen atoms in total. The Balaban J connectivity index is 1.54. The highest BCUT2D eigenvalue weighted by atomic mass is 32.2. The minimum absolute atomic E-state index is 0.0832. The summed E-state index contributed by atoms with van der Waals surface area (Å²) in [5, 5.41) is 2.58. The van der Waals surface area contributed by atoms with Crippen molar-refractivity contribution in [3.05, 3.63) is 89.0 Å². The van der Waals surface area contributed by atoms with E-state index in [0.717, 1.165) is 18.3 Å². The van der Waals surface area contributed by atoms with Crippen LogP contribution in [0.3, 0.4) is 0 Å². The highest BCUT2D eigenvalue weighted by Gasteiger charge is 2.24. The SMILES string of the molecule is O=C(Cn1cc(S(=O)(=O)c2ccccc2)c(=O)c2cc(F)ccc21)Nc1ccc2c(c1)OCCO2. The third-order valence-electron chi connectivity index (χ3n) is 5.49. The number of ether oxygens (including phenoxy) is 2. The van der Waals surface area contributed by atoms with Crippen LogP contribution in [-0.2, 0) is 21.2 Å². The molecule has 0 spiro atoms. The molecule has 1 aliphatic rings.